The molecule has 1 heterocycles. The summed E-state index contributed by atoms with van der Waals surface area (Å²) in [7, 11) is 1.64. The number of piperazine rings is 1. The van der Waals surface area contributed by atoms with Gasteiger partial charge in [-0.3, -0.25) is 14.4 Å². The molecule has 0 bridgehead atoms. The second-order valence-corrected chi connectivity index (χ2v) is 6.87. The van der Waals surface area contributed by atoms with Gasteiger partial charge in [0.15, 0.2) is 0 Å². The van der Waals surface area contributed by atoms with Crippen LogP contribution in [0, 0.1) is 6.92 Å². The number of nitrogens with one attached hydrogen (secondary N) is 1. The lowest BCUT2D eigenvalue weighted by atomic mass is 10.0. The SMILES string of the molecule is COc1ccccc1N1CCN(C(=O)CNC(=O)C(=O)c2ccccc2C)CC1. The summed E-state index contributed by atoms with van der Waals surface area (Å²) in [5.41, 5.74) is 2.08. The highest BCUT2D eigenvalue weighted by Crippen LogP contribution is 2.28. The van der Waals surface area contributed by atoms with Gasteiger partial charge in [0.25, 0.3) is 5.91 Å². The first kappa shape index (κ1) is 20.4. The van der Waals surface area contributed by atoms with Crippen LogP contribution in [-0.2, 0) is 9.59 Å². The highest BCUT2D eigenvalue weighted by Gasteiger charge is 2.24. The number of benzene rings is 2. The van der Waals surface area contributed by atoms with Gasteiger partial charge in [0.05, 0.1) is 19.3 Å². The molecule has 1 N–H and O–H groups in total. The monoisotopic (exact) mass is 395 g/mol. The largest absolute Gasteiger partial charge is 0.495 e. The van der Waals surface area contributed by atoms with E-state index in [1.807, 2.05) is 24.3 Å². The molecule has 0 aliphatic carbocycles. The molecular weight excluding hydrogens is 370 g/mol. The molecular formula is C22H25N3O4. The third kappa shape index (κ3) is 4.74. The molecule has 152 valence electrons. The fourth-order valence-electron chi connectivity index (χ4n) is 3.39. The van der Waals surface area contributed by atoms with E-state index in [1.165, 1.54) is 0 Å². The number of para-hydroxylation sites is 2. The van der Waals surface area contributed by atoms with E-state index in [1.54, 1.807) is 43.2 Å². The first-order chi connectivity index (χ1) is 14.0. The number of methoxy groups -OCH3 is 1. The van der Waals surface area contributed by atoms with Crippen LogP contribution in [0.4, 0.5) is 5.69 Å². The van der Waals surface area contributed by atoms with Gasteiger partial charge in [0, 0.05) is 31.7 Å². The number of carbonyl (C=O) groups excluding carboxylic acids is 3. The van der Waals surface area contributed by atoms with Gasteiger partial charge in [-0.1, -0.05) is 36.4 Å². The van der Waals surface area contributed by atoms with Crippen LogP contribution < -0.4 is 15.0 Å². The van der Waals surface area contributed by atoms with Crippen LogP contribution in [0.2, 0.25) is 0 Å². The highest BCUT2D eigenvalue weighted by atomic mass is 16.5. The zero-order chi connectivity index (χ0) is 20.8. The lowest BCUT2D eigenvalue weighted by molar-refractivity contribution is -0.132. The smallest absolute Gasteiger partial charge is 0.292 e. The maximum Gasteiger partial charge on any atom is 0.292 e. The molecule has 0 saturated carbocycles. The summed E-state index contributed by atoms with van der Waals surface area (Å²) >= 11 is 0. The molecule has 0 atom stereocenters. The quantitative estimate of drug-likeness (QED) is 0.594. The summed E-state index contributed by atoms with van der Waals surface area (Å²) in [6.07, 6.45) is 0. The zero-order valence-electron chi connectivity index (χ0n) is 16.7. The molecule has 2 aromatic carbocycles. The summed E-state index contributed by atoms with van der Waals surface area (Å²) in [6.45, 7) is 4.00. The van der Waals surface area contributed by atoms with Gasteiger partial charge >= 0.3 is 0 Å². The molecule has 7 heteroatoms. The predicted molar refractivity (Wildman–Crippen MR) is 110 cm³/mol. The number of anilines is 1. The van der Waals surface area contributed by atoms with Crippen molar-refractivity contribution < 1.29 is 19.1 Å². The summed E-state index contributed by atoms with van der Waals surface area (Å²) in [5, 5.41) is 2.45. The van der Waals surface area contributed by atoms with Gasteiger partial charge in [0.2, 0.25) is 11.7 Å². The molecule has 29 heavy (non-hydrogen) atoms. The highest BCUT2D eigenvalue weighted by molar-refractivity contribution is 6.43. The van der Waals surface area contributed by atoms with Gasteiger partial charge in [-0.2, -0.15) is 0 Å². The third-order valence-electron chi connectivity index (χ3n) is 5.05. The maximum atomic E-state index is 12.5. The average molecular weight is 395 g/mol. The van der Waals surface area contributed by atoms with Crippen LogP contribution in [0.1, 0.15) is 15.9 Å². The Bertz CT molecular complexity index is 904. The van der Waals surface area contributed by atoms with Gasteiger partial charge in [0.1, 0.15) is 5.75 Å². The van der Waals surface area contributed by atoms with E-state index in [2.05, 4.69) is 10.2 Å². The molecule has 0 aromatic heterocycles. The van der Waals surface area contributed by atoms with E-state index in [9.17, 15) is 14.4 Å². The minimum absolute atomic E-state index is 0.189. The molecule has 0 unspecified atom stereocenters. The summed E-state index contributed by atoms with van der Waals surface area (Å²) in [5.74, 6) is -0.790. The standard InChI is InChI=1S/C22H25N3O4/c1-16-7-3-4-8-17(16)21(27)22(28)23-15-20(26)25-13-11-24(12-14-25)18-9-5-6-10-19(18)29-2/h3-10H,11-15H2,1-2H3,(H,23,28). The number of rotatable bonds is 6. The van der Waals surface area contributed by atoms with Crippen LogP contribution in [-0.4, -0.2) is 62.3 Å². The minimum Gasteiger partial charge on any atom is -0.495 e. The van der Waals surface area contributed by atoms with Crippen LogP contribution in [0.5, 0.6) is 5.75 Å². The van der Waals surface area contributed by atoms with Crippen LogP contribution >= 0.6 is 0 Å². The van der Waals surface area contributed by atoms with Crippen molar-refractivity contribution >= 4 is 23.3 Å². The van der Waals surface area contributed by atoms with Crippen molar-refractivity contribution in [1.82, 2.24) is 10.2 Å². The van der Waals surface area contributed by atoms with Crippen LogP contribution in [0.3, 0.4) is 0 Å². The molecule has 7 nitrogen and oxygen atoms in total. The molecule has 1 fully saturated rings. The number of aryl methyl sites for hydroxylation is 1. The number of ether oxygens (including phenoxy) is 1. The zero-order valence-corrected chi connectivity index (χ0v) is 16.7. The van der Waals surface area contributed by atoms with E-state index in [0.717, 1.165) is 17.0 Å². The summed E-state index contributed by atoms with van der Waals surface area (Å²) in [6, 6.07) is 14.7. The van der Waals surface area contributed by atoms with Crippen LogP contribution in [0.15, 0.2) is 48.5 Å². The molecule has 3 rings (SSSR count). The molecule has 1 saturated heterocycles. The van der Waals surface area contributed by atoms with E-state index >= 15 is 0 Å². The molecule has 2 amide bonds. The Morgan fingerprint density at radius 1 is 0.966 bits per heavy atom. The molecule has 1 aliphatic rings. The Morgan fingerprint density at radius 3 is 2.31 bits per heavy atom. The second-order valence-electron chi connectivity index (χ2n) is 6.87. The van der Waals surface area contributed by atoms with Crippen molar-refractivity contribution in [2.75, 3.05) is 44.7 Å². The fourth-order valence-corrected chi connectivity index (χ4v) is 3.39. The Balaban J connectivity index is 1.50. The topological polar surface area (TPSA) is 79.0 Å². The number of ketones is 1. The van der Waals surface area contributed by atoms with Gasteiger partial charge in [-0.15, -0.1) is 0 Å². The number of hydrogen-bond donors (Lipinski definition) is 1. The van der Waals surface area contributed by atoms with Crippen molar-refractivity contribution in [3.05, 3.63) is 59.7 Å². The second kappa shape index (κ2) is 9.23. The normalized spacial score (nSPS) is 13.7. The van der Waals surface area contributed by atoms with E-state index in [0.29, 0.717) is 31.7 Å². The van der Waals surface area contributed by atoms with Crippen molar-refractivity contribution in [1.29, 1.82) is 0 Å². The minimum atomic E-state index is -0.764. The lowest BCUT2D eigenvalue weighted by Gasteiger charge is -2.36. The Labute approximate surface area is 170 Å². The maximum absolute atomic E-state index is 12.5. The lowest BCUT2D eigenvalue weighted by Crippen LogP contribution is -2.51. The van der Waals surface area contributed by atoms with E-state index in [4.69, 9.17) is 4.74 Å². The predicted octanol–water partition coefficient (Wildman–Crippen LogP) is 1.65. The molecule has 1 aliphatic heterocycles. The Kier molecular flexibility index (Phi) is 6.49. The Morgan fingerprint density at radius 2 is 1.62 bits per heavy atom. The van der Waals surface area contributed by atoms with Crippen molar-refractivity contribution in [2.24, 2.45) is 0 Å². The van der Waals surface area contributed by atoms with Crippen molar-refractivity contribution in [2.45, 2.75) is 6.92 Å². The molecule has 0 radical (unpaired) electrons. The average Bonchev–Trinajstić information content (AvgIpc) is 2.77. The third-order valence-corrected chi connectivity index (χ3v) is 5.05. The van der Waals surface area contributed by atoms with E-state index < -0.39 is 11.7 Å². The number of amides is 2. The first-order valence-corrected chi connectivity index (χ1v) is 9.55. The first-order valence-electron chi connectivity index (χ1n) is 9.55. The number of Topliss-reactive ketones (excluding diaryl/α,β-unsaturated/α-hetero) is 1. The number of hydrogen-bond acceptors (Lipinski definition) is 5. The van der Waals surface area contributed by atoms with Crippen LogP contribution in [0.25, 0.3) is 0 Å². The van der Waals surface area contributed by atoms with Crippen molar-refractivity contribution in [3.63, 3.8) is 0 Å². The van der Waals surface area contributed by atoms with Gasteiger partial charge in [-0.05, 0) is 24.6 Å². The molecule has 0 spiro atoms. The number of nitrogens with zero attached hydrogens (tertiary/aromatic N) is 2. The van der Waals surface area contributed by atoms with Crippen molar-refractivity contribution in [3.8, 4) is 5.75 Å². The van der Waals surface area contributed by atoms with Gasteiger partial charge < -0.3 is 19.9 Å². The summed E-state index contributed by atoms with van der Waals surface area (Å²) < 4.78 is 5.40. The van der Waals surface area contributed by atoms with E-state index in [-0.39, 0.29) is 12.5 Å². The fraction of sp³-hybridized carbons (Fsp3) is 0.318. The van der Waals surface area contributed by atoms with Gasteiger partial charge in [-0.25, -0.2) is 0 Å². The number of carbonyl (C=O) groups is 3. The molecule has 2 aromatic rings. The summed E-state index contributed by atoms with van der Waals surface area (Å²) in [4.78, 5) is 40.7. The Hall–Kier alpha value is -3.35.